The second-order valence-corrected chi connectivity index (χ2v) is 6.47. The number of benzene rings is 2. The van der Waals surface area contributed by atoms with Crippen LogP contribution in [0.2, 0.25) is 0 Å². The van der Waals surface area contributed by atoms with Gasteiger partial charge in [0, 0.05) is 23.0 Å². The monoisotopic (exact) mass is 412 g/mol. The smallest absolute Gasteiger partial charge is 0.322 e. The van der Waals surface area contributed by atoms with Crippen LogP contribution in [-0.2, 0) is 6.18 Å². The van der Waals surface area contributed by atoms with Crippen molar-refractivity contribution in [3.63, 3.8) is 0 Å². The molecule has 30 heavy (non-hydrogen) atoms. The van der Waals surface area contributed by atoms with Gasteiger partial charge in [0.25, 0.3) is 5.91 Å². The van der Waals surface area contributed by atoms with Gasteiger partial charge in [0.05, 0.1) is 5.69 Å². The first kappa shape index (κ1) is 19.4. The summed E-state index contributed by atoms with van der Waals surface area (Å²) in [6, 6.07) is 14.0. The van der Waals surface area contributed by atoms with E-state index in [1.165, 1.54) is 30.5 Å². The van der Waals surface area contributed by atoms with Gasteiger partial charge in [-0.25, -0.2) is 9.67 Å². The van der Waals surface area contributed by atoms with Crippen LogP contribution in [0.15, 0.2) is 60.8 Å². The highest BCUT2D eigenvalue weighted by atomic mass is 19.4. The summed E-state index contributed by atoms with van der Waals surface area (Å²) in [6.07, 6.45) is -3.29. The average molecular weight is 412 g/mol. The Labute approximate surface area is 168 Å². The number of amides is 1. The van der Waals surface area contributed by atoms with E-state index >= 15 is 0 Å². The molecule has 0 saturated heterocycles. The standard InChI is InChI=1S/C20H15F3N6O/c1-12-24-18(27-26-12)13-2-6-15(7-3-13)25-19(30)14-4-8-16(9-5-14)29-11-10-17(28-29)20(21,22)23/h2-11H,1H3,(H,25,30)(H,24,26,27). The molecule has 152 valence electrons. The zero-order chi connectivity index (χ0) is 21.3. The largest absolute Gasteiger partial charge is 0.435 e. The van der Waals surface area contributed by atoms with E-state index < -0.39 is 11.9 Å². The van der Waals surface area contributed by atoms with Crippen molar-refractivity contribution in [2.75, 3.05) is 5.32 Å². The number of aromatic amines is 1. The summed E-state index contributed by atoms with van der Waals surface area (Å²) in [7, 11) is 0. The molecular formula is C20H15F3N6O. The third-order valence-electron chi connectivity index (χ3n) is 4.27. The van der Waals surface area contributed by atoms with Gasteiger partial charge in [-0.2, -0.15) is 23.4 Å². The summed E-state index contributed by atoms with van der Waals surface area (Å²) in [5, 5.41) is 13.1. The minimum Gasteiger partial charge on any atom is -0.322 e. The Morgan fingerprint density at radius 2 is 1.73 bits per heavy atom. The lowest BCUT2D eigenvalue weighted by Crippen LogP contribution is -2.12. The van der Waals surface area contributed by atoms with Crippen molar-refractivity contribution in [1.82, 2.24) is 25.0 Å². The van der Waals surface area contributed by atoms with Crippen molar-refractivity contribution in [2.24, 2.45) is 0 Å². The maximum Gasteiger partial charge on any atom is 0.435 e. The van der Waals surface area contributed by atoms with Crippen molar-refractivity contribution in [3.8, 4) is 17.1 Å². The van der Waals surface area contributed by atoms with Crippen LogP contribution >= 0.6 is 0 Å². The normalized spacial score (nSPS) is 11.5. The first-order chi connectivity index (χ1) is 14.3. The van der Waals surface area contributed by atoms with Gasteiger partial charge in [-0.1, -0.05) is 0 Å². The lowest BCUT2D eigenvalue weighted by Gasteiger charge is -2.07. The van der Waals surface area contributed by atoms with E-state index in [1.54, 1.807) is 31.2 Å². The highest BCUT2D eigenvalue weighted by Crippen LogP contribution is 2.28. The zero-order valence-electron chi connectivity index (χ0n) is 15.6. The van der Waals surface area contributed by atoms with Crippen LogP contribution in [0, 0.1) is 6.92 Å². The zero-order valence-corrected chi connectivity index (χ0v) is 15.6. The molecule has 0 unspecified atom stereocenters. The Hall–Kier alpha value is -3.95. The minimum atomic E-state index is -4.51. The summed E-state index contributed by atoms with van der Waals surface area (Å²) < 4.78 is 39.1. The fourth-order valence-electron chi connectivity index (χ4n) is 2.76. The molecule has 4 rings (SSSR count). The van der Waals surface area contributed by atoms with Gasteiger partial charge in [0.1, 0.15) is 5.82 Å². The summed E-state index contributed by atoms with van der Waals surface area (Å²) in [5.74, 6) is 0.920. The molecule has 0 saturated carbocycles. The van der Waals surface area contributed by atoms with Gasteiger partial charge < -0.3 is 5.32 Å². The first-order valence-corrected chi connectivity index (χ1v) is 8.84. The molecule has 2 heterocycles. The average Bonchev–Trinajstić information content (AvgIpc) is 3.38. The minimum absolute atomic E-state index is 0.348. The summed E-state index contributed by atoms with van der Waals surface area (Å²) in [5.41, 5.74) is 1.18. The second kappa shape index (κ2) is 7.47. The number of carbonyl (C=O) groups is 1. The molecule has 10 heteroatoms. The molecule has 2 aromatic heterocycles. The number of H-pyrrole nitrogens is 1. The number of anilines is 1. The van der Waals surface area contributed by atoms with E-state index in [4.69, 9.17) is 0 Å². The number of rotatable bonds is 4. The van der Waals surface area contributed by atoms with Crippen molar-refractivity contribution in [3.05, 3.63) is 77.9 Å². The topological polar surface area (TPSA) is 88.5 Å². The van der Waals surface area contributed by atoms with Gasteiger partial charge in [-0.15, -0.1) is 0 Å². The quantitative estimate of drug-likeness (QED) is 0.525. The number of aromatic nitrogens is 5. The van der Waals surface area contributed by atoms with Crippen molar-refractivity contribution in [1.29, 1.82) is 0 Å². The fourth-order valence-corrected chi connectivity index (χ4v) is 2.76. The number of aryl methyl sites for hydroxylation is 1. The fraction of sp³-hybridized carbons (Fsp3) is 0.100. The van der Waals surface area contributed by atoms with Gasteiger partial charge in [0.15, 0.2) is 11.5 Å². The third kappa shape index (κ3) is 4.07. The van der Waals surface area contributed by atoms with Gasteiger partial charge >= 0.3 is 6.18 Å². The van der Waals surface area contributed by atoms with Crippen molar-refractivity contribution < 1.29 is 18.0 Å². The summed E-state index contributed by atoms with van der Waals surface area (Å²) in [4.78, 5) is 16.7. The van der Waals surface area contributed by atoms with Crippen LogP contribution in [0.4, 0.5) is 18.9 Å². The molecule has 0 aliphatic heterocycles. The van der Waals surface area contributed by atoms with Gasteiger partial charge in [-0.05, 0) is 61.5 Å². The van der Waals surface area contributed by atoms with Gasteiger partial charge in [-0.3, -0.25) is 9.89 Å². The van der Waals surface area contributed by atoms with E-state index in [1.807, 2.05) is 0 Å². The highest BCUT2D eigenvalue weighted by Gasteiger charge is 2.33. The van der Waals surface area contributed by atoms with E-state index in [2.05, 4.69) is 25.6 Å². The molecule has 4 aromatic rings. The molecule has 2 N–H and O–H groups in total. The first-order valence-electron chi connectivity index (χ1n) is 8.84. The third-order valence-corrected chi connectivity index (χ3v) is 4.27. The predicted octanol–water partition coefficient (Wildman–Crippen LogP) is 4.24. The highest BCUT2D eigenvalue weighted by molar-refractivity contribution is 6.04. The van der Waals surface area contributed by atoms with Crippen LogP contribution < -0.4 is 5.32 Å². The van der Waals surface area contributed by atoms with E-state index in [-0.39, 0.29) is 5.91 Å². The molecule has 0 aliphatic rings. The number of halogens is 3. The number of nitrogens with one attached hydrogen (secondary N) is 2. The molecule has 0 spiro atoms. The Morgan fingerprint density at radius 3 is 2.30 bits per heavy atom. The number of carbonyl (C=O) groups excluding carboxylic acids is 1. The van der Waals surface area contributed by atoms with Crippen LogP contribution in [0.5, 0.6) is 0 Å². The summed E-state index contributed by atoms with van der Waals surface area (Å²) in [6.45, 7) is 1.80. The van der Waals surface area contributed by atoms with E-state index in [9.17, 15) is 18.0 Å². The van der Waals surface area contributed by atoms with Crippen molar-refractivity contribution >= 4 is 11.6 Å². The molecule has 0 atom stereocenters. The van der Waals surface area contributed by atoms with Crippen LogP contribution in [0.25, 0.3) is 17.1 Å². The molecule has 1 amide bonds. The maximum absolute atomic E-state index is 12.7. The Kier molecular flexibility index (Phi) is 4.82. The Bertz CT molecular complexity index is 1180. The number of nitrogens with zero attached hydrogens (tertiary/aromatic N) is 4. The van der Waals surface area contributed by atoms with Crippen molar-refractivity contribution in [2.45, 2.75) is 13.1 Å². The number of alkyl halides is 3. The van der Waals surface area contributed by atoms with E-state index in [0.717, 1.165) is 16.3 Å². The SMILES string of the molecule is Cc1nc(-c2ccc(NC(=O)c3ccc(-n4ccc(C(F)(F)F)n4)cc3)cc2)n[nH]1. The Morgan fingerprint density at radius 1 is 1.03 bits per heavy atom. The molecular weight excluding hydrogens is 397 g/mol. The molecule has 0 bridgehead atoms. The molecule has 7 nitrogen and oxygen atoms in total. The van der Waals surface area contributed by atoms with Crippen LogP contribution in [0.3, 0.4) is 0 Å². The predicted molar refractivity (Wildman–Crippen MR) is 103 cm³/mol. The molecule has 0 aliphatic carbocycles. The molecule has 0 radical (unpaired) electrons. The van der Waals surface area contributed by atoms with Crippen LogP contribution in [0.1, 0.15) is 21.9 Å². The lowest BCUT2D eigenvalue weighted by molar-refractivity contribution is -0.141. The number of hydrogen-bond donors (Lipinski definition) is 2. The van der Waals surface area contributed by atoms with E-state index in [0.29, 0.717) is 28.6 Å². The number of hydrogen-bond acceptors (Lipinski definition) is 4. The van der Waals surface area contributed by atoms with Crippen LogP contribution in [-0.4, -0.2) is 30.9 Å². The second-order valence-electron chi connectivity index (χ2n) is 6.47. The van der Waals surface area contributed by atoms with Gasteiger partial charge in [0.2, 0.25) is 0 Å². The lowest BCUT2D eigenvalue weighted by atomic mass is 10.1. The molecule has 0 fully saturated rings. The summed E-state index contributed by atoms with van der Waals surface area (Å²) >= 11 is 0. The Balaban J connectivity index is 1.44. The maximum atomic E-state index is 12.7. The molecule has 2 aromatic carbocycles.